The first kappa shape index (κ1) is 21.5. The topological polar surface area (TPSA) is 106 Å². The van der Waals surface area contributed by atoms with E-state index < -0.39 is 18.1 Å². The van der Waals surface area contributed by atoms with Gasteiger partial charge in [0, 0.05) is 24.7 Å². The summed E-state index contributed by atoms with van der Waals surface area (Å²) in [4.78, 5) is 34.7. The molecule has 162 valence electrons. The van der Waals surface area contributed by atoms with Gasteiger partial charge in [0.05, 0.1) is 33.4 Å². The van der Waals surface area contributed by atoms with E-state index in [1.165, 1.54) is 7.11 Å². The van der Waals surface area contributed by atoms with Gasteiger partial charge >= 0.3 is 12.0 Å². The number of fused-ring (bicyclic) bond motifs is 1. The molecule has 2 amide bonds. The van der Waals surface area contributed by atoms with Crippen molar-refractivity contribution >= 4 is 12.0 Å². The SMILES string of the molecule is COC(=O)[C@@H](NC(=O)N1CCc2[nH]cnc2[C@H]1c1cc(OC)cc(OC)c1)C(C)C. The number of esters is 1. The van der Waals surface area contributed by atoms with Crippen molar-refractivity contribution in [1.82, 2.24) is 20.2 Å². The largest absolute Gasteiger partial charge is 0.497 e. The summed E-state index contributed by atoms with van der Waals surface area (Å²) in [6.45, 7) is 4.17. The number of amides is 2. The summed E-state index contributed by atoms with van der Waals surface area (Å²) in [5.74, 6) is 0.627. The number of benzene rings is 1. The highest BCUT2D eigenvalue weighted by Crippen LogP contribution is 2.37. The Morgan fingerprint density at radius 3 is 2.40 bits per heavy atom. The van der Waals surface area contributed by atoms with Gasteiger partial charge in [0.15, 0.2) is 0 Å². The fourth-order valence-electron chi connectivity index (χ4n) is 3.66. The monoisotopic (exact) mass is 416 g/mol. The van der Waals surface area contributed by atoms with Crippen molar-refractivity contribution < 1.29 is 23.8 Å². The van der Waals surface area contributed by atoms with Crippen molar-refractivity contribution in [2.45, 2.75) is 32.4 Å². The average Bonchev–Trinajstić information content (AvgIpc) is 3.24. The number of urea groups is 1. The quantitative estimate of drug-likeness (QED) is 0.700. The lowest BCUT2D eigenvalue weighted by Crippen LogP contribution is -2.53. The van der Waals surface area contributed by atoms with Crippen molar-refractivity contribution in [2.75, 3.05) is 27.9 Å². The van der Waals surface area contributed by atoms with E-state index in [1.54, 1.807) is 31.5 Å². The Morgan fingerprint density at radius 2 is 1.83 bits per heavy atom. The van der Waals surface area contributed by atoms with Crippen LogP contribution in [0.3, 0.4) is 0 Å². The zero-order valence-corrected chi connectivity index (χ0v) is 17.9. The van der Waals surface area contributed by atoms with Crippen LogP contribution in [0.2, 0.25) is 0 Å². The summed E-state index contributed by atoms with van der Waals surface area (Å²) >= 11 is 0. The van der Waals surface area contributed by atoms with Gasteiger partial charge in [0.1, 0.15) is 23.6 Å². The second kappa shape index (κ2) is 9.06. The number of hydrogen-bond acceptors (Lipinski definition) is 6. The number of ether oxygens (including phenoxy) is 3. The predicted molar refractivity (Wildman–Crippen MR) is 110 cm³/mol. The maximum atomic E-state index is 13.3. The first-order chi connectivity index (χ1) is 14.4. The van der Waals surface area contributed by atoms with Gasteiger partial charge < -0.3 is 29.4 Å². The molecule has 0 bridgehead atoms. The van der Waals surface area contributed by atoms with Crippen molar-refractivity contribution in [3.05, 3.63) is 41.5 Å². The molecule has 1 aromatic heterocycles. The van der Waals surface area contributed by atoms with E-state index in [2.05, 4.69) is 15.3 Å². The van der Waals surface area contributed by atoms with Crippen molar-refractivity contribution in [3.8, 4) is 11.5 Å². The fourth-order valence-corrected chi connectivity index (χ4v) is 3.66. The molecule has 0 spiro atoms. The van der Waals surface area contributed by atoms with Crippen LogP contribution in [0.15, 0.2) is 24.5 Å². The van der Waals surface area contributed by atoms with Gasteiger partial charge in [-0.1, -0.05) is 13.8 Å². The summed E-state index contributed by atoms with van der Waals surface area (Å²) in [5, 5.41) is 2.83. The fraction of sp³-hybridized carbons (Fsp3) is 0.476. The van der Waals surface area contributed by atoms with E-state index in [4.69, 9.17) is 14.2 Å². The summed E-state index contributed by atoms with van der Waals surface area (Å²) < 4.78 is 15.7. The Balaban J connectivity index is 2.00. The Hall–Kier alpha value is -3.23. The van der Waals surface area contributed by atoms with Crippen LogP contribution in [0, 0.1) is 5.92 Å². The lowest BCUT2D eigenvalue weighted by Gasteiger charge is -2.36. The second-order valence-corrected chi connectivity index (χ2v) is 7.45. The minimum absolute atomic E-state index is 0.123. The van der Waals surface area contributed by atoms with E-state index in [0.717, 1.165) is 17.0 Å². The Kier molecular flexibility index (Phi) is 6.49. The predicted octanol–water partition coefficient (Wildman–Crippen LogP) is 2.28. The normalized spacial score (nSPS) is 16.6. The number of hydrogen-bond donors (Lipinski definition) is 2. The third kappa shape index (κ3) is 4.19. The Bertz CT molecular complexity index is 888. The molecular formula is C21H28N4O5. The lowest BCUT2D eigenvalue weighted by atomic mass is 9.95. The maximum absolute atomic E-state index is 13.3. The van der Waals surface area contributed by atoms with E-state index in [-0.39, 0.29) is 11.9 Å². The molecule has 0 saturated heterocycles. The summed E-state index contributed by atoms with van der Waals surface area (Å²) in [5.41, 5.74) is 2.53. The molecule has 0 saturated carbocycles. The molecule has 3 rings (SSSR count). The highest BCUT2D eigenvalue weighted by molar-refractivity contribution is 5.84. The maximum Gasteiger partial charge on any atom is 0.328 e. The molecule has 9 heteroatoms. The highest BCUT2D eigenvalue weighted by atomic mass is 16.5. The van der Waals surface area contributed by atoms with Crippen LogP contribution in [-0.4, -0.2) is 60.8 Å². The Labute approximate surface area is 175 Å². The minimum atomic E-state index is -0.747. The lowest BCUT2D eigenvalue weighted by molar-refractivity contribution is -0.144. The molecule has 2 atom stereocenters. The van der Waals surface area contributed by atoms with Gasteiger partial charge in [-0.2, -0.15) is 0 Å². The smallest absolute Gasteiger partial charge is 0.328 e. The van der Waals surface area contributed by atoms with Crippen molar-refractivity contribution in [1.29, 1.82) is 0 Å². The molecule has 0 unspecified atom stereocenters. The van der Waals surface area contributed by atoms with Crippen LogP contribution in [0.4, 0.5) is 4.79 Å². The molecule has 30 heavy (non-hydrogen) atoms. The van der Waals surface area contributed by atoms with Crippen LogP contribution in [0.1, 0.15) is 36.8 Å². The molecule has 2 aromatic rings. The number of nitrogens with one attached hydrogen (secondary N) is 2. The number of nitrogens with zero attached hydrogens (tertiary/aromatic N) is 2. The van der Waals surface area contributed by atoms with Gasteiger partial charge in [-0.25, -0.2) is 14.6 Å². The van der Waals surface area contributed by atoms with Gasteiger partial charge in [-0.15, -0.1) is 0 Å². The number of aromatic nitrogens is 2. The molecule has 1 aliphatic heterocycles. The van der Waals surface area contributed by atoms with Gasteiger partial charge in [-0.3, -0.25) is 0 Å². The molecule has 9 nitrogen and oxygen atoms in total. The molecule has 0 fully saturated rings. The van der Waals surface area contributed by atoms with Crippen LogP contribution in [0.5, 0.6) is 11.5 Å². The van der Waals surface area contributed by atoms with E-state index in [1.807, 2.05) is 26.0 Å². The Morgan fingerprint density at radius 1 is 1.17 bits per heavy atom. The van der Waals surface area contributed by atoms with Crippen LogP contribution in [-0.2, 0) is 16.0 Å². The van der Waals surface area contributed by atoms with E-state index in [9.17, 15) is 9.59 Å². The first-order valence-corrected chi connectivity index (χ1v) is 9.79. The van der Waals surface area contributed by atoms with Crippen molar-refractivity contribution in [2.24, 2.45) is 5.92 Å². The zero-order valence-electron chi connectivity index (χ0n) is 17.9. The minimum Gasteiger partial charge on any atom is -0.497 e. The molecule has 2 heterocycles. The summed E-state index contributed by atoms with van der Waals surface area (Å²) in [7, 11) is 4.47. The molecular weight excluding hydrogens is 388 g/mol. The van der Waals surface area contributed by atoms with Crippen molar-refractivity contribution in [3.63, 3.8) is 0 Å². The van der Waals surface area contributed by atoms with E-state index in [0.29, 0.717) is 24.5 Å². The number of imidazole rings is 1. The van der Waals surface area contributed by atoms with Gasteiger partial charge in [0.2, 0.25) is 0 Å². The number of H-pyrrole nitrogens is 1. The number of carbonyl (C=O) groups excluding carboxylic acids is 2. The molecule has 2 N–H and O–H groups in total. The third-order valence-corrected chi connectivity index (χ3v) is 5.28. The standard InChI is InChI=1S/C21H28N4O5/c1-12(2)17(20(26)30-5)24-21(27)25-7-6-16-18(23-11-22-16)19(25)13-8-14(28-3)10-15(9-13)29-4/h8-12,17,19H,6-7H2,1-5H3,(H,22,23)(H,24,27)/t17-,19+/m0/s1. The van der Waals surface area contributed by atoms with Crippen LogP contribution in [0.25, 0.3) is 0 Å². The van der Waals surface area contributed by atoms with E-state index >= 15 is 0 Å². The summed E-state index contributed by atoms with van der Waals surface area (Å²) in [6.07, 6.45) is 2.26. The third-order valence-electron chi connectivity index (χ3n) is 5.28. The molecule has 0 radical (unpaired) electrons. The van der Waals surface area contributed by atoms with Crippen LogP contribution < -0.4 is 14.8 Å². The highest BCUT2D eigenvalue weighted by Gasteiger charge is 2.36. The van der Waals surface area contributed by atoms with Gasteiger partial charge in [-0.05, 0) is 23.6 Å². The number of methoxy groups -OCH3 is 3. The second-order valence-electron chi connectivity index (χ2n) is 7.45. The molecule has 1 aromatic carbocycles. The number of aromatic amines is 1. The summed E-state index contributed by atoms with van der Waals surface area (Å²) in [6, 6.07) is 3.92. The zero-order chi connectivity index (χ0) is 21.8. The van der Waals surface area contributed by atoms with Crippen LogP contribution >= 0.6 is 0 Å². The average molecular weight is 416 g/mol. The number of carbonyl (C=O) groups is 2. The molecule has 1 aliphatic rings. The molecule has 0 aliphatic carbocycles. The number of rotatable bonds is 6. The van der Waals surface area contributed by atoms with Gasteiger partial charge in [0.25, 0.3) is 0 Å². The first-order valence-electron chi connectivity index (χ1n) is 9.79.